The maximum absolute atomic E-state index is 13.0. The predicted octanol–water partition coefficient (Wildman–Crippen LogP) is 1.59. The molecule has 1 aromatic carbocycles. The van der Waals surface area contributed by atoms with Gasteiger partial charge in [-0.3, -0.25) is 9.89 Å². The van der Waals surface area contributed by atoms with E-state index < -0.39 is 11.6 Å². The molecule has 0 amide bonds. The largest absolute Gasteiger partial charge is 0.492 e. The second-order valence-electron chi connectivity index (χ2n) is 5.43. The van der Waals surface area contributed by atoms with E-state index in [-0.39, 0.29) is 36.3 Å². The van der Waals surface area contributed by atoms with E-state index in [4.69, 9.17) is 15.2 Å². The van der Waals surface area contributed by atoms with Crippen molar-refractivity contribution in [2.75, 3.05) is 52.5 Å². The highest BCUT2D eigenvalue weighted by Crippen LogP contribution is 2.14. The van der Waals surface area contributed by atoms with Crippen LogP contribution < -0.4 is 15.8 Å². The predicted molar refractivity (Wildman–Crippen MR) is 104 cm³/mol. The van der Waals surface area contributed by atoms with E-state index in [9.17, 15) is 8.78 Å². The summed E-state index contributed by atoms with van der Waals surface area (Å²) in [6.45, 7) is 5.87. The summed E-state index contributed by atoms with van der Waals surface area (Å²) in [5, 5.41) is 2.92. The second-order valence-corrected chi connectivity index (χ2v) is 5.43. The van der Waals surface area contributed by atoms with Crippen LogP contribution in [-0.4, -0.2) is 63.4 Å². The van der Waals surface area contributed by atoms with Crippen molar-refractivity contribution in [2.45, 2.75) is 6.42 Å². The molecule has 0 spiro atoms. The lowest BCUT2D eigenvalue weighted by Gasteiger charge is -2.26. The van der Waals surface area contributed by atoms with Gasteiger partial charge in [-0.1, -0.05) is 0 Å². The van der Waals surface area contributed by atoms with Gasteiger partial charge in [0.2, 0.25) is 0 Å². The molecule has 2 rings (SSSR count). The highest BCUT2D eigenvalue weighted by atomic mass is 127. The van der Waals surface area contributed by atoms with Gasteiger partial charge in [0.05, 0.1) is 19.8 Å². The van der Waals surface area contributed by atoms with Crippen molar-refractivity contribution < 1.29 is 18.3 Å². The first kappa shape index (κ1) is 21.8. The van der Waals surface area contributed by atoms with Crippen LogP contribution in [0.2, 0.25) is 0 Å². The standard InChI is InChI=1S/C16H24F2N4O2.HI/c17-14-3-2-13(12-15(14)18)24-9-5-21-16(19)20-4-1-6-22-7-10-23-11-8-22;/h2-3,12H,1,4-11H2,(H3,19,20,21);1H. The highest BCUT2D eigenvalue weighted by Gasteiger charge is 2.08. The zero-order chi connectivity index (χ0) is 17.2. The van der Waals surface area contributed by atoms with Gasteiger partial charge in [0.25, 0.3) is 0 Å². The Hall–Kier alpha value is -1.20. The molecule has 3 N–H and O–H groups in total. The van der Waals surface area contributed by atoms with Crippen molar-refractivity contribution in [2.24, 2.45) is 10.7 Å². The van der Waals surface area contributed by atoms with Crippen molar-refractivity contribution >= 4 is 29.9 Å². The van der Waals surface area contributed by atoms with Gasteiger partial charge < -0.3 is 20.5 Å². The average Bonchev–Trinajstić information content (AvgIpc) is 2.59. The normalized spacial score (nSPS) is 15.5. The molecule has 1 aromatic rings. The molecule has 1 fully saturated rings. The third-order valence-corrected chi connectivity index (χ3v) is 3.59. The van der Waals surface area contributed by atoms with Crippen LogP contribution in [-0.2, 0) is 4.74 Å². The number of morpholine rings is 1. The number of hydrogen-bond donors (Lipinski definition) is 2. The summed E-state index contributed by atoms with van der Waals surface area (Å²) in [5.41, 5.74) is 5.76. The van der Waals surface area contributed by atoms with Crippen LogP contribution >= 0.6 is 24.0 Å². The summed E-state index contributed by atoms with van der Waals surface area (Å²) >= 11 is 0. The maximum Gasteiger partial charge on any atom is 0.188 e. The maximum atomic E-state index is 13.0. The number of hydrogen-bond acceptors (Lipinski definition) is 4. The number of rotatable bonds is 8. The van der Waals surface area contributed by atoms with E-state index >= 15 is 0 Å². The van der Waals surface area contributed by atoms with Crippen molar-refractivity contribution in [3.05, 3.63) is 29.8 Å². The molecule has 0 atom stereocenters. The Morgan fingerprint density at radius 2 is 2.04 bits per heavy atom. The Labute approximate surface area is 163 Å². The number of guanidine groups is 1. The molecule has 1 heterocycles. The molecular weight excluding hydrogens is 445 g/mol. The van der Waals surface area contributed by atoms with Crippen LogP contribution in [0.3, 0.4) is 0 Å². The minimum atomic E-state index is -0.929. The SMILES string of the molecule is I.NC(=NCCCN1CCOCC1)NCCOc1ccc(F)c(F)c1. The Balaban J connectivity index is 0.00000312. The molecule has 142 valence electrons. The lowest BCUT2D eigenvalue weighted by atomic mass is 10.3. The molecule has 25 heavy (non-hydrogen) atoms. The second kappa shape index (κ2) is 12.2. The first-order valence-electron chi connectivity index (χ1n) is 8.07. The molecule has 0 radical (unpaired) electrons. The fraction of sp³-hybridized carbons (Fsp3) is 0.562. The van der Waals surface area contributed by atoms with Gasteiger partial charge in [-0.05, 0) is 18.6 Å². The Morgan fingerprint density at radius 3 is 2.76 bits per heavy atom. The number of aliphatic imine (C=N–C) groups is 1. The molecule has 0 aliphatic carbocycles. The van der Waals surface area contributed by atoms with Crippen molar-refractivity contribution in [1.82, 2.24) is 10.2 Å². The molecule has 0 unspecified atom stereocenters. The molecule has 0 saturated carbocycles. The topological polar surface area (TPSA) is 72.1 Å². The van der Waals surface area contributed by atoms with Gasteiger partial charge in [0, 0.05) is 32.2 Å². The number of nitrogens with one attached hydrogen (secondary N) is 1. The average molecular weight is 470 g/mol. The van der Waals surface area contributed by atoms with E-state index in [0.29, 0.717) is 19.0 Å². The van der Waals surface area contributed by atoms with Gasteiger partial charge in [0.15, 0.2) is 17.6 Å². The zero-order valence-corrected chi connectivity index (χ0v) is 16.4. The highest BCUT2D eigenvalue weighted by molar-refractivity contribution is 14.0. The lowest BCUT2D eigenvalue weighted by molar-refractivity contribution is 0.0377. The molecule has 1 aliphatic rings. The molecule has 9 heteroatoms. The Bertz CT molecular complexity index is 543. The molecule has 0 bridgehead atoms. The van der Waals surface area contributed by atoms with E-state index in [1.54, 1.807) is 0 Å². The zero-order valence-electron chi connectivity index (χ0n) is 14.0. The van der Waals surface area contributed by atoms with Gasteiger partial charge in [-0.2, -0.15) is 0 Å². The Morgan fingerprint density at radius 1 is 1.28 bits per heavy atom. The third kappa shape index (κ3) is 8.63. The summed E-state index contributed by atoms with van der Waals surface area (Å²) in [5.74, 6) is -1.20. The summed E-state index contributed by atoms with van der Waals surface area (Å²) in [6.07, 6.45) is 0.938. The van der Waals surface area contributed by atoms with Crippen LogP contribution in [0.15, 0.2) is 23.2 Å². The smallest absolute Gasteiger partial charge is 0.188 e. The summed E-state index contributed by atoms with van der Waals surface area (Å²) in [7, 11) is 0. The lowest BCUT2D eigenvalue weighted by Crippen LogP contribution is -2.37. The molecule has 6 nitrogen and oxygen atoms in total. The van der Waals surface area contributed by atoms with Crippen molar-refractivity contribution in [1.29, 1.82) is 0 Å². The number of ether oxygens (including phenoxy) is 2. The quantitative estimate of drug-likeness (QED) is 0.262. The molecule has 0 aromatic heterocycles. The monoisotopic (exact) mass is 470 g/mol. The summed E-state index contributed by atoms with van der Waals surface area (Å²) in [6, 6.07) is 3.42. The third-order valence-electron chi connectivity index (χ3n) is 3.59. The molecule has 1 aliphatic heterocycles. The van der Waals surface area contributed by atoms with Gasteiger partial charge >= 0.3 is 0 Å². The van der Waals surface area contributed by atoms with E-state index in [2.05, 4.69) is 15.2 Å². The Kier molecular flexibility index (Phi) is 10.7. The van der Waals surface area contributed by atoms with E-state index in [1.165, 1.54) is 6.07 Å². The molecular formula is C16H25F2IN4O2. The van der Waals surface area contributed by atoms with Crippen LogP contribution in [0, 0.1) is 11.6 Å². The number of halogens is 3. The minimum absolute atomic E-state index is 0. The van der Waals surface area contributed by atoms with Gasteiger partial charge in [-0.15, -0.1) is 24.0 Å². The van der Waals surface area contributed by atoms with Crippen LogP contribution in [0.4, 0.5) is 8.78 Å². The van der Waals surface area contributed by atoms with Gasteiger partial charge in [-0.25, -0.2) is 8.78 Å². The minimum Gasteiger partial charge on any atom is -0.492 e. The van der Waals surface area contributed by atoms with Crippen LogP contribution in [0.5, 0.6) is 5.75 Å². The fourth-order valence-electron chi connectivity index (χ4n) is 2.29. The number of nitrogens with two attached hydrogens (primary N) is 1. The first-order chi connectivity index (χ1) is 11.6. The summed E-state index contributed by atoms with van der Waals surface area (Å²) in [4.78, 5) is 6.58. The molecule has 1 saturated heterocycles. The summed E-state index contributed by atoms with van der Waals surface area (Å²) < 4.78 is 36.4. The fourth-order valence-corrected chi connectivity index (χ4v) is 2.29. The van der Waals surface area contributed by atoms with Gasteiger partial charge in [0.1, 0.15) is 12.4 Å². The van der Waals surface area contributed by atoms with E-state index in [0.717, 1.165) is 51.4 Å². The number of benzene rings is 1. The van der Waals surface area contributed by atoms with E-state index in [1.807, 2.05) is 0 Å². The first-order valence-corrected chi connectivity index (χ1v) is 8.07. The number of nitrogens with zero attached hydrogens (tertiary/aromatic N) is 2. The van der Waals surface area contributed by atoms with Crippen molar-refractivity contribution in [3.63, 3.8) is 0 Å². The van der Waals surface area contributed by atoms with Crippen molar-refractivity contribution in [3.8, 4) is 5.75 Å². The van der Waals surface area contributed by atoms with Crippen LogP contribution in [0.1, 0.15) is 6.42 Å². The van der Waals surface area contributed by atoms with Crippen LogP contribution in [0.25, 0.3) is 0 Å².